The lowest BCUT2D eigenvalue weighted by Crippen LogP contribution is -2.33. The summed E-state index contributed by atoms with van der Waals surface area (Å²) in [5, 5.41) is 3.38. The summed E-state index contributed by atoms with van der Waals surface area (Å²) in [5.74, 6) is -1.86. The van der Waals surface area contributed by atoms with E-state index in [9.17, 15) is 8.78 Å². The van der Waals surface area contributed by atoms with E-state index < -0.39 is 5.92 Å². The lowest BCUT2D eigenvalue weighted by molar-refractivity contribution is 0.0171. The first kappa shape index (κ1) is 12.7. The molecule has 2 aliphatic rings. The van der Waals surface area contributed by atoms with Crippen LogP contribution >= 0.6 is 0 Å². The normalized spacial score (nSPS) is 25.9. The molecule has 0 saturated carbocycles. The molecule has 1 fully saturated rings. The second kappa shape index (κ2) is 4.07. The smallest absolute Gasteiger partial charge is 0.270 e. The molecule has 1 N–H and O–H groups in total. The van der Waals surface area contributed by atoms with Crippen molar-refractivity contribution in [1.82, 2.24) is 5.32 Å². The zero-order valence-corrected chi connectivity index (χ0v) is 11.1. The topological polar surface area (TPSA) is 30.5 Å². The highest BCUT2D eigenvalue weighted by Crippen LogP contribution is 2.46. The molecule has 0 radical (unpaired) electrons. The highest BCUT2D eigenvalue weighted by Gasteiger charge is 2.38. The minimum atomic E-state index is -2.88. The fourth-order valence-corrected chi connectivity index (χ4v) is 2.80. The Morgan fingerprint density at radius 3 is 2.74 bits per heavy atom. The molecule has 5 heteroatoms. The van der Waals surface area contributed by atoms with Crippen LogP contribution in [0, 0.1) is 0 Å². The van der Waals surface area contributed by atoms with Gasteiger partial charge in [0.15, 0.2) is 11.5 Å². The van der Waals surface area contributed by atoms with E-state index in [0.29, 0.717) is 11.5 Å². The zero-order valence-electron chi connectivity index (χ0n) is 11.1. The summed E-state index contributed by atoms with van der Waals surface area (Å²) in [7, 11) is 0. The SMILES string of the molecule is CC(F)(F)c1cc2c(c(C3(C)CCCN3)c1)OCO2. The zero-order chi connectivity index (χ0) is 13.7. The lowest BCUT2D eigenvalue weighted by atomic mass is 9.87. The van der Waals surface area contributed by atoms with Crippen LogP contribution in [-0.2, 0) is 11.5 Å². The van der Waals surface area contributed by atoms with Crippen LogP contribution in [0.3, 0.4) is 0 Å². The van der Waals surface area contributed by atoms with Crippen molar-refractivity contribution in [2.45, 2.75) is 38.2 Å². The fourth-order valence-electron chi connectivity index (χ4n) is 2.80. The van der Waals surface area contributed by atoms with Gasteiger partial charge in [0, 0.05) is 23.6 Å². The molecule has 0 aromatic heterocycles. The van der Waals surface area contributed by atoms with Gasteiger partial charge in [0.2, 0.25) is 6.79 Å². The second-order valence-electron chi connectivity index (χ2n) is 5.51. The first-order chi connectivity index (χ1) is 8.90. The largest absolute Gasteiger partial charge is 0.454 e. The van der Waals surface area contributed by atoms with Gasteiger partial charge >= 0.3 is 0 Å². The van der Waals surface area contributed by atoms with Crippen molar-refractivity contribution < 1.29 is 18.3 Å². The maximum atomic E-state index is 13.6. The van der Waals surface area contributed by atoms with E-state index >= 15 is 0 Å². The van der Waals surface area contributed by atoms with E-state index in [-0.39, 0.29) is 17.9 Å². The molecular weight excluding hydrogens is 252 g/mol. The van der Waals surface area contributed by atoms with Crippen molar-refractivity contribution in [2.75, 3.05) is 13.3 Å². The average Bonchev–Trinajstić information content (AvgIpc) is 2.95. The van der Waals surface area contributed by atoms with E-state index in [1.165, 1.54) is 6.07 Å². The first-order valence-corrected chi connectivity index (χ1v) is 6.48. The molecule has 1 saturated heterocycles. The summed E-state index contributed by atoms with van der Waals surface area (Å²) >= 11 is 0. The summed E-state index contributed by atoms with van der Waals surface area (Å²) in [6.45, 7) is 3.91. The van der Waals surface area contributed by atoms with Crippen LogP contribution in [0.2, 0.25) is 0 Å². The van der Waals surface area contributed by atoms with Gasteiger partial charge in [-0.05, 0) is 38.4 Å². The molecule has 2 aliphatic heterocycles. The molecule has 0 bridgehead atoms. The minimum Gasteiger partial charge on any atom is -0.454 e. The van der Waals surface area contributed by atoms with Gasteiger partial charge in [0.05, 0.1) is 0 Å². The Kier molecular flexibility index (Phi) is 2.71. The van der Waals surface area contributed by atoms with Crippen LogP contribution in [0.15, 0.2) is 12.1 Å². The number of ether oxygens (including phenoxy) is 2. The quantitative estimate of drug-likeness (QED) is 0.894. The Morgan fingerprint density at radius 2 is 2.11 bits per heavy atom. The van der Waals surface area contributed by atoms with Crippen LogP contribution in [0.25, 0.3) is 0 Å². The van der Waals surface area contributed by atoms with Gasteiger partial charge < -0.3 is 14.8 Å². The summed E-state index contributed by atoms with van der Waals surface area (Å²) in [6, 6.07) is 2.93. The van der Waals surface area contributed by atoms with Gasteiger partial charge in [-0.3, -0.25) is 0 Å². The van der Waals surface area contributed by atoms with Crippen LogP contribution in [0.5, 0.6) is 11.5 Å². The molecule has 3 nitrogen and oxygen atoms in total. The maximum absolute atomic E-state index is 13.6. The number of alkyl halides is 2. The molecule has 104 valence electrons. The van der Waals surface area contributed by atoms with E-state index in [2.05, 4.69) is 5.32 Å². The van der Waals surface area contributed by atoms with Gasteiger partial charge in [-0.15, -0.1) is 0 Å². The number of hydrogen-bond acceptors (Lipinski definition) is 3. The van der Waals surface area contributed by atoms with Crippen molar-refractivity contribution in [3.8, 4) is 11.5 Å². The fraction of sp³-hybridized carbons (Fsp3) is 0.571. The van der Waals surface area contributed by atoms with Crippen LogP contribution in [0.4, 0.5) is 8.78 Å². The van der Waals surface area contributed by atoms with E-state index in [1.807, 2.05) is 6.92 Å². The van der Waals surface area contributed by atoms with E-state index in [0.717, 1.165) is 31.9 Å². The number of fused-ring (bicyclic) bond motifs is 1. The van der Waals surface area contributed by atoms with E-state index in [1.54, 1.807) is 6.07 Å². The highest BCUT2D eigenvalue weighted by molar-refractivity contribution is 5.54. The van der Waals surface area contributed by atoms with Gasteiger partial charge in [-0.2, -0.15) is 0 Å². The molecule has 2 heterocycles. The lowest BCUT2D eigenvalue weighted by Gasteiger charge is -2.27. The summed E-state index contributed by atoms with van der Waals surface area (Å²) < 4.78 is 38.0. The molecule has 3 rings (SSSR count). The second-order valence-corrected chi connectivity index (χ2v) is 5.51. The summed E-state index contributed by atoms with van der Waals surface area (Å²) in [5.41, 5.74) is 0.428. The molecule has 1 aromatic rings. The van der Waals surface area contributed by atoms with Crippen LogP contribution in [0.1, 0.15) is 37.8 Å². The minimum absolute atomic E-state index is 0.0262. The number of rotatable bonds is 2. The molecule has 0 spiro atoms. The number of nitrogens with one attached hydrogen (secondary N) is 1. The van der Waals surface area contributed by atoms with Gasteiger partial charge in [-0.1, -0.05) is 0 Å². The summed E-state index contributed by atoms with van der Waals surface area (Å²) in [4.78, 5) is 0. The monoisotopic (exact) mass is 269 g/mol. The molecular formula is C14H17F2NO2. The third kappa shape index (κ3) is 2.06. The Balaban J connectivity index is 2.15. The number of hydrogen-bond donors (Lipinski definition) is 1. The van der Waals surface area contributed by atoms with Crippen molar-refractivity contribution in [3.63, 3.8) is 0 Å². The molecule has 19 heavy (non-hydrogen) atoms. The Hall–Kier alpha value is -1.36. The van der Waals surface area contributed by atoms with Gasteiger partial charge in [0.25, 0.3) is 5.92 Å². The predicted molar refractivity (Wildman–Crippen MR) is 66.7 cm³/mol. The molecule has 0 aliphatic carbocycles. The third-order valence-corrected chi connectivity index (χ3v) is 3.94. The molecule has 1 atom stereocenters. The van der Waals surface area contributed by atoms with Crippen LogP contribution < -0.4 is 14.8 Å². The summed E-state index contributed by atoms with van der Waals surface area (Å²) in [6.07, 6.45) is 1.93. The van der Waals surface area contributed by atoms with Crippen LogP contribution in [-0.4, -0.2) is 13.3 Å². The average molecular weight is 269 g/mol. The van der Waals surface area contributed by atoms with Crippen molar-refractivity contribution in [1.29, 1.82) is 0 Å². The maximum Gasteiger partial charge on any atom is 0.270 e. The Labute approximate surface area is 110 Å². The molecule has 1 unspecified atom stereocenters. The standard InChI is InChI=1S/C14H17F2NO2/c1-13(4-3-5-17-13)10-6-9(14(2,15)16)7-11-12(10)19-8-18-11/h6-7,17H,3-5,8H2,1-2H3. The van der Waals surface area contributed by atoms with Crippen molar-refractivity contribution in [3.05, 3.63) is 23.3 Å². The highest BCUT2D eigenvalue weighted by atomic mass is 19.3. The number of halogens is 2. The Bertz CT molecular complexity index is 505. The first-order valence-electron chi connectivity index (χ1n) is 6.48. The molecule has 0 amide bonds. The van der Waals surface area contributed by atoms with E-state index in [4.69, 9.17) is 9.47 Å². The third-order valence-electron chi connectivity index (χ3n) is 3.94. The van der Waals surface area contributed by atoms with Crippen molar-refractivity contribution in [2.24, 2.45) is 0 Å². The predicted octanol–water partition coefficient (Wildman–Crippen LogP) is 3.13. The van der Waals surface area contributed by atoms with Gasteiger partial charge in [0.1, 0.15) is 0 Å². The Morgan fingerprint density at radius 1 is 1.32 bits per heavy atom. The molecule has 1 aromatic carbocycles. The number of benzene rings is 1. The van der Waals surface area contributed by atoms with Crippen molar-refractivity contribution >= 4 is 0 Å². The van der Waals surface area contributed by atoms with Gasteiger partial charge in [-0.25, -0.2) is 8.78 Å².